The van der Waals surface area contributed by atoms with Crippen molar-refractivity contribution >= 4 is 0 Å². The molecule has 16 heavy (non-hydrogen) atoms. The van der Waals surface area contributed by atoms with Crippen LogP contribution in [-0.2, 0) is 9.47 Å². The molecule has 0 N–H and O–H groups in total. The van der Waals surface area contributed by atoms with Crippen LogP contribution >= 0.6 is 0 Å². The van der Waals surface area contributed by atoms with Crippen LogP contribution in [0.5, 0.6) is 0 Å². The zero-order valence-corrected chi connectivity index (χ0v) is 9.69. The third-order valence-electron chi connectivity index (χ3n) is 2.73. The Bertz CT molecular complexity index is 342. The molecule has 1 fully saturated rings. The van der Waals surface area contributed by atoms with E-state index >= 15 is 0 Å². The van der Waals surface area contributed by atoms with Gasteiger partial charge in [-0.1, -0.05) is 24.3 Å². The molecule has 1 saturated heterocycles. The number of hydrogen-bond donors (Lipinski definition) is 0. The molecular formula is C14H18O2. The van der Waals surface area contributed by atoms with E-state index in [1.807, 2.05) is 49.5 Å². The van der Waals surface area contributed by atoms with E-state index in [4.69, 9.17) is 9.47 Å². The average Bonchev–Trinajstić information content (AvgIpc) is 2.69. The summed E-state index contributed by atoms with van der Waals surface area (Å²) in [6.07, 6.45) is 17.2. The second-order valence-corrected chi connectivity index (χ2v) is 4.03. The van der Waals surface area contributed by atoms with E-state index in [0.717, 1.165) is 25.2 Å². The Labute approximate surface area is 96.9 Å². The predicted molar refractivity (Wildman–Crippen MR) is 64.8 cm³/mol. The molecule has 0 radical (unpaired) electrons. The van der Waals surface area contributed by atoms with E-state index in [9.17, 15) is 0 Å². The SMILES string of the molecule is C/C=C/C=C/C=C1/C=C[C@@]2(CCCCO2)O1. The van der Waals surface area contributed by atoms with Crippen molar-refractivity contribution in [2.24, 2.45) is 0 Å². The van der Waals surface area contributed by atoms with Crippen LogP contribution in [0.25, 0.3) is 0 Å². The van der Waals surface area contributed by atoms with Crippen LogP contribution in [-0.4, -0.2) is 12.4 Å². The monoisotopic (exact) mass is 218 g/mol. The van der Waals surface area contributed by atoms with Crippen molar-refractivity contribution in [3.05, 3.63) is 48.3 Å². The topological polar surface area (TPSA) is 18.5 Å². The van der Waals surface area contributed by atoms with E-state index in [2.05, 4.69) is 0 Å². The van der Waals surface area contributed by atoms with E-state index in [0.29, 0.717) is 0 Å². The van der Waals surface area contributed by atoms with Crippen molar-refractivity contribution < 1.29 is 9.47 Å². The van der Waals surface area contributed by atoms with Crippen molar-refractivity contribution in [2.75, 3.05) is 6.61 Å². The summed E-state index contributed by atoms with van der Waals surface area (Å²) >= 11 is 0. The quantitative estimate of drug-likeness (QED) is 0.660. The lowest BCUT2D eigenvalue weighted by Gasteiger charge is -2.31. The molecule has 1 spiro atoms. The van der Waals surface area contributed by atoms with Crippen molar-refractivity contribution in [1.82, 2.24) is 0 Å². The summed E-state index contributed by atoms with van der Waals surface area (Å²) in [5.74, 6) is 0.418. The fourth-order valence-electron chi connectivity index (χ4n) is 1.89. The maximum Gasteiger partial charge on any atom is 0.230 e. The van der Waals surface area contributed by atoms with Crippen LogP contribution in [0.2, 0.25) is 0 Å². The second kappa shape index (κ2) is 5.17. The second-order valence-electron chi connectivity index (χ2n) is 4.03. The summed E-state index contributed by atoms with van der Waals surface area (Å²) in [5.41, 5.74) is 0. The molecular weight excluding hydrogens is 200 g/mol. The van der Waals surface area contributed by atoms with E-state index in [1.165, 1.54) is 6.42 Å². The highest BCUT2D eigenvalue weighted by Crippen LogP contribution is 2.34. The van der Waals surface area contributed by atoms with Crippen LogP contribution in [0.4, 0.5) is 0 Å². The molecule has 0 saturated carbocycles. The van der Waals surface area contributed by atoms with Gasteiger partial charge in [0.25, 0.3) is 0 Å². The Morgan fingerprint density at radius 3 is 2.94 bits per heavy atom. The van der Waals surface area contributed by atoms with E-state index in [-0.39, 0.29) is 0 Å². The lowest BCUT2D eigenvalue weighted by atomic mass is 10.1. The van der Waals surface area contributed by atoms with E-state index < -0.39 is 5.79 Å². The molecule has 2 heteroatoms. The van der Waals surface area contributed by atoms with Crippen LogP contribution in [0, 0.1) is 0 Å². The van der Waals surface area contributed by atoms with Crippen LogP contribution in [0.3, 0.4) is 0 Å². The molecule has 0 aromatic heterocycles. The van der Waals surface area contributed by atoms with Gasteiger partial charge in [0.2, 0.25) is 5.79 Å². The smallest absolute Gasteiger partial charge is 0.230 e. The maximum atomic E-state index is 5.82. The molecule has 1 atom stereocenters. The van der Waals surface area contributed by atoms with E-state index in [1.54, 1.807) is 0 Å². The molecule has 0 aromatic carbocycles. The number of hydrogen-bond acceptors (Lipinski definition) is 2. The zero-order chi connectivity index (χ0) is 11.3. The predicted octanol–water partition coefficient (Wildman–Crippen LogP) is 3.49. The first-order valence-electron chi connectivity index (χ1n) is 5.86. The van der Waals surface area contributed by atoms with Gasteiger partial charge in [-0.25, -0.2) is 0 Å². The molecule has 0 bridgehead atoms. The first-order valence-corrected chi connectivity index (χ1v) is 5.86. The number of allylic oxidation sites excluding steroid dienone is 6. The minimum atomic E-state index is -0.460. The average molecular weight is 218 g/mol. The largest absolute Gasteiger partial charge is 0.459 e. The summed E-state index contributed by atoms with van der Waals surface area (Å²) in [5, 5.41) is 0. The summed E-state index contributed by atoms with van der Waals surface area (Å²) < 4.78 is 11.5. The number of ether oxygens (including phenoxy) is 2. The van der Waals surface area contributed by atoms with Gasteiger partial charge in [0, 0.05) is 6.42 Å². The van der Waals surface area contributed by atoms with Crippen molar-refractivity contribution in [3.8, 4) is 0 Å². The highest BCUT2D eigenvalue weighted by molar-refractivity contribution is 5.27. The summed E-state index contributed by atoms with van der Waals surface area (Å²) in [6.45, 7) is 2.79. The standard InChI is InChI=1S/C14H18O2/c1-2-3-4-5-8-13-9-11-14(16-13)10-6-7-12-15-14/h2-5,8-9,11H,6-7,10,12H2,1H3/b3-2+,5-4+,13-8-/t14-/m1/s1. The van der Waals surface area contributed by atoms with Crippen molar-refractivity contribution in [1.29, 1.82) is 0 Å². The lowest BCUT2D eigenvalue weighted by Crippen LogP contribution is -2.34. The lowest BCUT2D eigenvalue weighted by molar-refractivity contribution is -0.191. The molecule has 2 heterocycles. The van der Waals surface area contributed by atoms with Crippen LogP contribution < -0.4 is 0 Å². The Morgan fingerprint density at radius 1 is 1.25 bits per heavy atom. The molecule has 2 aliphatic heterocycles. The number of rotatable bonds is 2. The molecule has 2 rings (SSSR count). The fraction of sp³-hybridized carbons (Fsp3) is 0.429. The molecule has 0 aliphatic carbocycles. The fourth-order valence-corrected chi connectivity index (χ4v) is 1.89. The Kier molecular flexibility index (Phi) is 3.62. The highest BCUT2D eigenvalue weighted by Gasteiger charge is 2.36. The Hall–Kier alpha value is -1.28. The normalized spacial score (nSPS) is 32.2. The molecule has 2 nitrogen and oxygen atoms in total. The minimum absolute atomic E-state index is 0.460. The molecule has 0 unspecified atom stereocenters. The molecule has 2 aliphatic rings. The van der Waals surface area contributed by atoms with Crippen molar-refractivity contribution in [2.45, 2.75) is 32.0 Å². The van der Waals surface area contributed by atoms with Gasteiger partial charge in [-0.3, -0.25) is 0 Å². The van der Waals surface area contributed by atoms with Gasteiger partial charge in [0.1, 0.15) is 5.76 Å². The Balaban J connectivity index is 1.95. The summed E-state index contributed by atoms with van der Waals surface area (Å²) in [6, 6.07) is 0. The van der Waals surface area contributed by atoms with Crippen molar-refractivity contribution in [3.63, 3.8) is 0 Å². The third kappa shape index (κ3) is 2.64. The first-order chi connectivity index (χ1) is 7.85. The van der Waals surface area contributed by atoms with Crippen LogP contribution in [0.15, 0.2) is 48.3 Å². The van der Waals surface area contributed by atoms with Gasteiger partial charge in [-0.15, -0.1) is 0 Å². The zero-order valence-electron chi connectivity index (χ0n) is 9.69. The van der Waals surface area contributed by atoms with Gasteiger partial charge in [0.05, 0.1) is 6.61 Å². The van der Waals surface area contributed by atoms with Gasteiger partial charge in [0.15, 0.2) is 0 Å². The maximum absolute atomic E-state index is 5.82. The van der Waals surface area contributed by atoms with Gasteiger partial charge < -0.3 is 9.47 Å². The van der Waals surface area contributed by atoms with Gasteiger partial charge in [-0.05, 0) is 38.0 Å². The van der Waals surface area contributed by atoms with Crippen LogP contribution in [0.1, 0.15) is 26.2 Å². The summed E-state index contributed by atoms with van der Waals surface area (Å²) in [7, 11) is 0. The molecule has 0 amide bonds. The Morgan fingerprint density at radius 2 is 2.19 bits per heavy atom. The molecule has 86 valence electrons. The third-order valence-corrected chi connectivity index (χ3v) is 2.73. The van der Waals surface area contributed by atoms with Gasteiger partial charge in [-0.2, -0.15) is 0 Å². The summed E-state index contributed by atoms with van der Waals surface area (Å²) in [4.78, 5) is 0. The molecule has 0 aromatic rings. The first kappa shape index (κ1) is 11.2. The highest BCUT2D eigenvalue weighted by atomic mass is 16.7. The van der Waals surface area contributed by atoms with Gasteiger partial charge >= 0.3 is 0 Å². The minimum Gasteiger partial charge on any atom is -0.459 e.